The molecule has 22 heavy (non-hydrogen) atoms. The summed E-state index contributed by atoms with van der Waals surface area (Å²) in [5, 5.41) is 0. The molecule has 0 aromatic heterocycles. The van der Waals surface area contributed by atoms with Crippen LogP contribution in [-0.2, 0) is 0 Å². The number of ether oxygens (including phenoxy) is 1. The average Bonchev–Trinajstić information content (AvgIpc) is 2.46. The monoisotopic (exact) mass is 299 g/mol. The van der Waals surface area contributed by atoms with Gasteiger partial charge in [-0.1, -0.05) is 30.3 Å². The number of carbonyl (C=O) groups excluding carboxylic acids is 1. The zero-order chi connectivity index (χ0) is 16.3. The molecule has 0 aliphatic carbocycles. The Morgan fingerprint density at radius 3 is 2.18 bits per heavy atom. The lowest BCUT2D eigenvalue weighted by Crippen LogP contribution is -2.35. The van der Waals surface area contributed by atoms with E-state index < -0.39 is 0 Å². The third-order valence-electron chi connectivity index (χ3n) is 3.35. The summed E-state index contributed by atoms with van der Waals surface area (Å²) in [4.78, 5) is 13.2. The Bertz CT molecular complexity index is 659. The third kappa shape index (κ3) is 3.65. The first-order valence-corrected chi connectivity index (χ1v) is 7.19. The highest BCUT2D eigenvalue weighted by Crippen LogP contribution is 2.35. The van der Waals surface area contributed by atoms with E-state index in [2.05, 4.69) is 33.3 Å². The SMILES string of the molecule is CN(C)C(=O)Oc1ccc([N+](C)(C)C)c(-c2ccccc2)c1. The molecule has 0 saturated carbocycles. The van der Waals surface area contributed by atoms with E-state index in [1.54, 1.807) is 14.1 Å². The van der Waals surface area contributed by atoms with Crippen LogP contribution >= 0.6 is 0 Å². The van der Waals surface area contributed by atoms with E-state index in [4.69, 9.17) is 4.74 Å². The van der Waals surface area contributed by atoms with Gasteiger partial charge < -0.3 is 9.64 Å². The molecule has 0 aliphatic heterocycles. The van der Waals surface area contributed by atoms with Gasteiger partial charge in [0.25, 0.3) is 0 Å². The molecule has 0 aliphatic rings. The average molecular weight is 299 g/mol. The highest BCUT2D eigenvalue weighted by molar-refractivity contribution is 5.79. The quantitative estimate of drug-likeness (QED) is 0.810. The van der Waals surface area contributed by atoms with Gasteiger partial charge in [-0.25, -0.2) is 4.79 Å². The molecule has 0 spiro atoms. The van der Waals surface area contributed by atoms with Crippen LogP contribution in [-0.4, -0.2) is 46.2 Å². The van der Waals surface area contributed by atoms with E-state index in [9.17, 15) is 4.79 Å². The minimum Gasteiger partial charge on any atom is -0.410 e. The molecular weight excluding hydrogens is 276 g/mol. The summed E-state index contributed by atoms with van der Waals surface area (Å²) in [5.74, 6) is 0.551. The van der Waals surface area contributed by atoms with Crippen LogP contribution in [0.1, 0.15) is 0 Å². The summed E-state index contributed by atoms with van der Waals surface area (Å²) in [7, 11) is 9.69. The molecule has 0 N–H and O–H groups in total. The van der Waals surface area contributed by atoms with Crippen LogP contribution < -0.4 is 9.22 Å². The molecule has 4 nitrogen and oxygen atoms in total. The summed E-state index contributed by atoms with van der Waals surface area (Å²) in [6, 6.07) is 15.9. The molecule has 2 rings (SSSR count). The van der Waals surface area contributed by atoms with E-state index in [-0.39, 0.29) is 6.09 Å². The Morgan fingerprint density at radius 1 is 1.00 bits per heavy atom. The maximum atomic E-state index is 11.7. The predicted octanol–water partition coefficient (Wildman–Crippen LogP) is 3.61. The van der Waals surface area contributed by atoms with Gasteiger partial charge >= 0.3 is 6.09 Å². The lowest BCUT2D eigenvalue weighted by molar-refractivity contribution is 0.172. The maximum Gasteiger partial charge on any atom is 0.414 e. The van der Waals surface area contributed by atoms with Gasteiger partial charge in [0.1, 0.15) is 11.4 Å². The largest absolute Gasteiger partial charge is 0.414 e. The van der Waals surface area contributed by atoms with Crippen molar-refractivity contribution in [1.82, 2.24) is 9.38 Å². The molecule has 0 bridgehead atoms. The van der Waals surface area contributed by atoms with Crippen molar-refractivity contribution in [2.75, 3.05) is 35.2 Å². The second-order valence-electron chi connectivity index (χ2n) is 6.32. The van der Waals surface area contributed by atoms with Gasteiger partial charge in [0.2, 0.25) is 0 Å². The third-order valence-corrected chi connectivity index (χ3v) is 3.35. The van der Waals surface area contributed by atoms with E-state index >= 15 is 0 Å². The first-order valence-electron chi connectivity index (χ1n) is 7.19. The highest BCUT2D eigenvalue weighted by Gasteiger charge is 2.20. The zero-order valence-electron chi connectivity index (χ0n) is 13.8. The Kier molecular flexibility index (Phi) is 4.52. The topological polar surface area (TPSA) is 29.5 Å². The van der Waals surface area contributed by atoms with E-state index in [1.807, 2.05) is 36.4 Å². The second-order valence-corrected chi connectivity index (χ2v) is 6.32. The Labute approximate surface area is 132 Å². The van der Waals surface area contributed by atoms with Crippen molar-refractivity contribution in [3.63, 3.8) is 0 Å². The molecule has 4 heteroatoms. The number of amides is 1. The second kappa shape index (κ2) is 6.20. The molecule has 0 saturated heterocycles. The van der Waals surface area contributed by atoms with Gasteiger partial charge in [-0.3, -0.25) is 4.48 Å². The first-order chi connectivity index (χ1) is 10.3. The molecule has 116 valence electrons. The minimum atomic E-state index is -0.378. The fraction of sp³-hybridized carbons (Fsp3) is 0.278. The van der Waals surface area contributed by atoms with Crippen LogP contribution in [0.4, 0.5) is 10.5 Å². The molecule has 0 fully saturated rings. The van der Waals surface area contributed by atoms with Crippen LogP contribution in [0.2, 0.25) is 0 Å². The van der Waals surface area contributed by atoms with Crippen LogP contribution in [0.15, 0.2) is 48.5 Å². The molecular formula is C18H23N2O2+. The number of rotatable bonds is 3. The maximum absolute atomic E-state index is 11.7. The van der Waals surface area contributed by atoms with Crippen LogP contribution in [0, 0.1) is 0 Å². The van der Waals surface area contributed by atoms with Gasteiger partial charge in [-0.05, 0) is 17.7 Å². The molecule has 0 heterocycles. The Morgan fingerprint density at radius 2 is 1.64 bits per heavy atom. The van der Waals surface area contributed by atoms with Crippen molar-refractivity contribution in [2.24, 2.45) is 0 Å². The van der Waals surface area contributed by atoms with E-state index in [0.29, 0.717) is 10.2 Å². The highest BCUT2D eigenvalue weighted by atomic mass is 16.6. The predicted molar refractivity (Wildman–Crippen MR) is 91.2 cm³/mol. The van der Waals surface area contributed by atoms with Crippen molar-refractivity contribution >= 4 is 11.8 Å². The zero-order valence-corrected chi connectivity index (χ0v) is 13.8. The molecule has 2 aromatic carbocycles. The number of carbonyl (C=O) groups is 1. The number of hydrogen-bond donors (Lipinski definition) is 0. The van der Waals surface area contributed by atoms with Crippen molar-refractivity contribution in [2.45, 2.75) is 0 Å². The standard InChI is InChI=1S/C18H23N2O2/c1-19(2)18(21)22-15-11-12-17(20(3,4)5)16(13-15)14-9-7-6-8-10-14/h6-13H,1-5H3/q+1. The molecule has 1 amide bonds. The smallest absolute Gasteiger partial charge is 0.410 e. The number of hydrogen-bond acceptors (Lipinski definition) is 2. The fourth-order valence-electron chi connectivity index (χ4n) is 2.20. The molecule has 0 atom stereocenters. The Hall–Kier alpha value is -2.33. The summed E-state index contributed by atoms with van der Waals surface area (Å²) in [5.41, 5.74) is 3.33. The fourth-order valence-corrected chi connectivity index (χ4v) is 2.20. The Balaban J connectivity index is 2.49. The van der Waals surface area contributed by atoms with Crippen molar-refractivity contribution in [3.05, 3.63) is 48.5 Å². The van der Waals surface area contributed by atoms with Crippen LogP contribution in [0.3, 0.4) is 0 Å². The minimum absolute atomic E-state index is 0.378. The van der Waals surface area contributed by atoms with Gasteiger partial charge in [0.15, 0.2) is 0 Å². The molecule has 0 radical (unpaired) electrons. The van der Waals surface area contributed by atoms with Gasteiger partial charge in [0.05, 0.1) is 21.1 Å². The van der Waals surface area contributed by atoms with Gasteiger partial charge in [0, 0.05) is 25.7 Å². The van der Waals surface area contributed by atoms with Crippen molar-refractivity contribution < 1.29 is 9.53 Å². The van der Waals surface area contributed by atoms with Gasteiger partial charge in [-0.15, -0.1) is 0 Å². The van der Waals surface area contributed by atoms with E-state index in [0.717, 1.165) is 16.8 Å². The summed E-state index contributed by atoms with van der Waals surface area (Å²) >= 11 is 0. The molecule has 0 unspecified atom stereocenters. The van der Waals surface area contributed by atoms with Crippen molar-refractivity contribution in [3.8, 4) is 16.9 Å². The lowest BCUT2D eigenvalue weighted by atomic mass is 10.0. The van der Waals surface area contributed by atoms with Crippen molar-refractivity contribution in [1.29, 1.82) is 0 Å². The van der Waals surface area contributed by atoms with Crippen LogP contribution in [0.25, 0.3) is 11.1 Å². The van der Waals surface area contributed by atoms with Gasteiger partial charge in [-0.2, -0.15) is 0 Å². The summed E-state index contributed by atoms with van der Waals surface area (Å²) < 4.78 is 6.07. The molecule has 2 aromatic rings. The number of nitrogens with zero attached hydrogens (tertiary/aromatic N) is 2. The van der Waals surface area contributed by atoms with E-state index in [1.165, 1.54) is 4.90 Å². The lowest BCUT2D eigenvalue weighted by Gasteiger charge is -2.26. The summed E-state index contributed by atoms with van der Waals surface area (Å²) in [6.07, 6.45) is -0.378. The summed E-state index contributed by atoms with van der Waals surface area (Å²) in [6.45, 7) is 0. The normalized spacial score (nSPS) is 11.1. The first kappa shape index (κ1) is 16.0. The number of quaternary nitrogens is 1. The van der Waals surface area contributed by atoms with Crippen LogP contribution in [0.5, 0.6) is 5.75 Å². The number of benzene rings is 2.